The van der Waals surface area contributed by atoms with Gasteiger partial charge < -0.3 is 21.1 Å². The van der Waals surface area contributed by atoms with E-state index in [0.717, 1.165) is 11.8 Å². The molecule has 3 amide bonds. The molecule has 0 aliphatic heterocycles. The van der Waals surface area contributed by atoms with Crippen molar-refractivity contribution in [3.63, 3.8) is 0 Å². The molecule has 0 spiro atoms. The molecule has 9 heteroatoms. The van der Waals surface area contributed by atoms with Gasteiger partial charge in [-0.05, 0) is 67.9 Å². The number of carboxylic acid groups (broad SMARTS) is 1. The second-order valence-corrected chi connectivity index (χ2v) is 9.59. The monoisotopic (exact) mass is 453 g/mol. The number of amides is 3. The van der Waals surface area contributed by atoms with Gasteiger partial charge in [0.1, 0.15) is 6.04 Å². The highest BCUT2D eigenvalue weighted by Gasteiger charge is 2.48. The number of aliphatic carboxylic acids is 1. The average molecular weight is 454 g/mol. The number of hydrogen-bond donors (Lipinski definition) is 4. The predicted octanol–water partition coefficient (Wildman–Crippen LogP) is 3.30. The lowest BCUT2D eigenvalue weighted by Crippen LogP contribution is -2.58. The Hall–Kier alpha value is -1.99. The zero-order chi connectivity index (χ0) is 21.4. The Morgan fingerprint density at radius 1 is 1.00 bits per heavy atom. The van der Waals surface area contributed by atoms with Crippen molar-refractivity contribution < 1.29 is 19.5 Å². The van der Waals surface area contributed by atoms with Crippen LogP contribution in [0.4, 0.5) is 4.79 Å². The molecule has 1 aromatic carbocycles. The van der Waals surface area contributed by atoms with Crippen molar-refractivity contribution in [2.45, 2.75) is 44.2 Å². The molecule has 7 nitrogen and oxygen atoms in total. The zero-order valence-electron chi connectivity index (χ0n) is 16.4. The third-order valence-corrected chi connectivity index (χ3v) is 7.41. The Morgan fingerprint density at radius 2 is 1.57 bits per heavy atom. The number of benzene rings is 1. The summed E-state index contributed by atoms with van der Waals surface area (Å²) >= 11 is 12.0. The lowest BCUT2D eigenvalue weighted by Gasteiger charge is -2.54. The van der Waals surface area contributed by atoms with Crippen LogP contribution in [0, 0.1) is 23.7 Å². The minimum Gasteiger partial charge on any atom is -0.480 e. The van der Waals surface area contributed by atoms with Gasteiger partial charge in [0.2, 0.25) is 0 Å². The first kappa shape index (κ1) is 21.2. The van der Waals surface area contributed by atoms with Crippen molar-refractivity contribution >= 4 is 41.1 Å². The van der Waals surface area contributed by atoms with E-state index in [4.69, 9.17) is 23.2 Å². The van der Waals surface area contributed by atoms with Crippen molar-refractivity contribution in [1.82, 2.24) is 16.0 Å². The maximum Gasteiger partial charge on any atom is 0.328 e. The summed E-state index contributed by atoms with van der Waals surface area (Å²) in [5.41, 5.74) is 0.00475. The minimum absolute atomic E-state index is 0.00475. The molecule has 5 rings (SSSR count). The van der Waals surface area contributed by atoms with Crippen LogP contribution in [0.2, 0.25) is 10.0 Å². The van der Waals surface area contributed by atoms with Gasteiger partial charge >= 0.3 is 12.0 Å². The topological polar surface area (TPSA) is 108 Å². The number of nitrogens with one attached hydrogen (secondary N) is 3. The largest absolute Gasteiger partial charge is 0.480 e. The van der Waals surface area contributed by atoms with Gasteiger partial charge in [-0.25, -0.2) is 9.59 Å². The quantitative estimate of drug-likeness (QED) is 0.529. The third-order valence-electron chi connectivity index (χ3n) is 6.78. The molecule has 4 bridgehead atoms. The van der Waals surface area contributed by atoms with Gasteiger partial charge in [0, 0.05) is 6.04 Å². The molecule has 1 aromatic rings. The molecular weight excluding hydrogens is 429 g/mol. The average Bonchev–Trinajstić information content (AvgIpc) is 2.67. The van der Waals surface area contributed by atoms with E-state index in [1.165, 1.54) is 44.2 Å². The first-order valence-electron chi connectivity index (χ1n) is 10.3. The summed E-state index contributed by atoms with van der Waals surface area (Å²) in [7, 11) is 0. The molecule has 0 radical (unpaired) electrons. The Morgan fingerprint density at radius 3 is 2.10 bits per heavy atom. The van der Waals surface area contributed by atoms with Crippen LogP contribution in [0.3, 0.4) is 0 Å². The Bertz CT molecular complexity index is 814. The third kappa shape index (κ3) is 4.37. The fourth-order valence-electron chi connectivity index (χ4n) is 5.70. The Balaban J connectivity index is 1.32. The van der Waals surface area contributed by atoms with Crippen LogP contribution in [-0.2, 0) is 4.79 Å². The smallest absolute Gasteiger partial charge is 0.328 e. The molecule has 0 saturated heterocycles. The molecule has 4 N–H and O–H groups in total. The first-order chi connectivity index (χ1) is 14.3. The van der Waals surface area contributed by atoms with Crippen LogP contribution in [-0.4, -0.2) is 41.6 Å². The highest BCUT2D eigenvalue weighted by Crippen LogP contribution is 2.53. The molecule has 0 unspecified atom stereocenters. The lowest BCUT2D eigenvalue weighted by molar-refractivity contribution is -0.139. The lowest BCUT2D eigenvalue weighted by atomic mass is 9.54. The van der Waals surface area contributed by atoms with Crippen molar-refractivity contribution in [2.75, 3.05) is 6.54 Å². The van der Waals surface area contributed by atoms with Crippen molar-refractivity contribution in [1.29, 1.82) is 0 Å². The number of carbonyl (C=O) groups excluding carboxylic acids is 2. The number of carboxylic acids is 1. The Labute approximate surface area is 184 Å². The van der Waals surface area contributed by atoms with Crippen LogP contribution >= 0.6 is 23.2 Å². The van der Waals surface area contributed by atoms with Crippen molar-refractivity contribution in [3.8, 4) is 0 Å². The summed E-state index contributed by atoms with van der Waals surface area (Å²) in [6, 6.07) is 3.02. The van der Waals surface area contributed by atoms with Crippen LogP contribution in [0.1, 0.15) is 42.5 Å². The Kier molecular flexibility index (Phi) is 6.11. The highest BCUT2D eigenvalue weighted by atomic mass is 35.5. The van der Waals surface area contributed by atoms with Crippen LogP contribution < -0.4 is 16.0 Å². The van der Waals surface area contributed by atoms with Crippen LogP contribution in [0.25, 0.3) is 0 Å². The molecule has 4 fully saturated rings. The number of hydrogen-bond acceptors (Lipinski definition) is 3. The van der Waals surface area contributed by atoms with Gasteiger partial charge in [0.25, 0.3) is 5.91 Å². The molecule has 1 atom stereocenters. The summed E-state index contributed by atoms with van der Waals surface area (Å²) in [6.07, 6.45) is 6.02. The van der Waals surface area contributed by atoms with E-state index in [9.17, 15) is 19.5 Å². The van der Waals surface area contributed by atoms with Gasteiger partial charge in [-0.3, -0.25) is 4.79 Å². The van der Waals surface area contributed by atoms with E-state index in [2.05, 4.69) is 16.0 Å². The standard InChI is InChI=1S/C21H25Cl2N3O4/c22-14-2-1-3-15(23)17(14)19(27)25-16(20(28)29)9-24-21(30)26-18-12-5-10-4-11(7-12)8-13(18)6-10/h1-3,10-13,16,18H,4-9H2,(H,25,27)(H,28,29)(H2,24,26,30)/t10?,11?,12?,13?,16-,18?/m0/s1. The molecule has 4 aliphatic carbocycles. The maximum atomic E-state index is 12.5. The molecular formula is C21H25Cl2N3O4. The zero-order valence-corrected chi connectivity index (χ0v) is 17.9. The van der Waals surface area contributed by atoms with E-state index < -0.39 is 23.9 Å². The second kappa shape index (κ2) is 8.63. The summed E-state index contributed by atoms with van der Waals surface area (Å²) < 4.78 is 0. The van der Waals surface area contributed by atoms with Crippen molar-refractivity contribution in [2.24, 2.45) is 23.7 Å². The van der Waals surface area contributed by atoms with E-state index in [-0.39, 0.29) is 28.2 Å². The summed E-state index contributed by atoms with van der Waals surface area (Å²) in [5, 5.41) is 17.7. The van der Waals surface area contributed by atoms with Crippen molar-refractivity contribution in [3.05, 3.63) is 33.8 Å². The fraction of sp³-hybridized carbons (Fsp3) is 0.571. The predicted molar refractivity (Wildman–Crippen MR) is 113 cm³/mol. The van der Waals surface area contributed by atoms with Crippen LogP contribution in [0.5, 0.6) is 0 Å². The molecule has 0 heterocycles. The molecule has 162 valence electrons. The number of rotatable bonds is 6. The molecule has 30 heavy (non-hydrogen) atoms. The van der Waals surface area contributed by atoms with Gasteiger partial charge in [-0.15, -0.1) is 0 Å². The van der Waals surface area contributed by atoms with E-state index in [1.807, 2.05) is 0 Å². The van der Waals surface area contributed by atoms with Gasteiger partial charge in [-0.2, -0.15) is 0 Å². The summed E-state index contributed by atoms with van der Waals surface area (Å²) in [4.78, 5) is 36.5. The van der Waals surface area contributed by atoms with Crippen LogP contribution in [0.15, 0.2) is 18.2 Å². The van der Waals surface area contributed by atoms with E-state index in [1.54, 1.807) is 6.07 Å². The van der Waals surface area contributed by atoms with Gasteiger partial charge in [0.15, 0.2) is 0 Å². The molecule has 4 aliphatic rings. The number of urea groups is 1. The van der Waals surface area contributed by atoms with Gasteiger partial charge in [-0.1, -0.05) is 29.3 Å². The summed E-state index contributed by atoms with van der Waals surface area (Å²) in [6.45, 7) is -0.248. The maximum absolute atomic E-state index is 12.5. The minimum atomic E-state index is -1.31. The van der Waals surface area contributed by atoms with Gasteiger partial charge in [0.05, 0.1) is 22.2 Å². The van der Waals surface area contributed by atoms with E-state index >= 15 is 0 Å². The fourth-order valence-corrected chi connectivity index (χ4v) is 6.27. The molecule has 0 aromatic heterocycles. The number of carbonyl (C=O) groups is 3. The first-order valence-corrected chi connectivity index (χ1v) is 11.1. The SMILES string of the molecule is O=C(NC[C@H](NC(=O)c1c(Cl)cccc1Cl)C(=O)O)NC1C2CC3CC(C2)CC1C3. The second-order valence-electron chi connectivity index (χ2n) is 8.77. The number of halogens is 2. The normalized spacial score (nSPS) is 29.9. The van der Waals surface area contributed by atoms with E-state index in [0.29, 0.717) is 11.8 Å². The summed E-state index contributed by atoms with van der Waals surface area (Å²) in [5.74, 6) is 0.671. The highest BCUT2D eigenvalue weighted by molar-refractivity contribution is 6.39. The molecule has 4 saturated carbocycles.